The van der Waals surface area contributed by atoms with E-state index in [1.807, 2.05) is 0 Å². The van der Waals surface area contributed by atoms with Crippen LogP contribution in [0.4, 0.5) is 22.0 Å². The minimum Gasteiger partial charge on any atom is -0.506 e. The van der Waals surface area contributed by atoms with Gasteiger partial charge in [-0.25, -0.2) is 22.4 Å². The van der Waals surface area contributed by atoms with Crippen molar-refractivity contribution in [3.63, 3.8) is 0 Å². The number of nitrogens with zero attached hydrogens (tertiary/aromatic N) is 1. The van der Waals surface area contributed by atoms with Crippen LogP contribution in [0.5, 0.6) is 5.75 Å². The normalized spacial score (nSPS) is 12.5. The Balaban J connectivity index is 3.52. The zero-order valence-corrected chi connectivity index (χ0v) is 13.2. The minimum atomic E-state index is -2.83. The Bertz CT molecular complexity index is 704. The molecule has 0 amide bonds. The Morgan fingerprint density at radius 2 is 1.96 bits per heavy atom. The van der Waals surface area contributed by atoms with Gasteiger partial charge in [-0.05, 0) is 13.0 Å². The fourth-order valence-electron chi connectivity index (χ4n) is 1.72. The van der Waals surface area contributed by atoms with E-state index in [0.717, 1.165) is 7.11 Å². The molecule has 0 bridgehead atoms. The van der Waals surface area contributed by atoms with E-state index < -0.39 is 59.0 Å². The topological polar surface area (TPSA) is 68.1 Å². The van der Waals surface area contributed by atoms with Gasteiger partial charge in [0.25, 0.3) is 6.43 Å². The molecule has 1 rings (SSSR count). The van der Waals surface area contributed by atoms with Crippen LogP contribution in [0.1, 0.15) is 12.5 Å². The van der Waals surface area contributed by atoms with E-state index in [1.54, 1.807) is 0 Å². The molecule has 0 heterocycles. The molecule has 0 aliphatic heterocycles. The Morgan fingerprint density at radius 3 is 2.48 bits per heavy atom. The summed E-state index contributed by atoms with van der Waals surface area (Å²) in [6.45, 7) is 0.270. The summed E-state index contributed by atoms with van der Waals surface area (Å²) in [5, 5.41) is 10.1. The number of aliphatic hydroxyl groups is 1. The number of carbonyl (C=O) groups is 1. The van der Waals surface area contributed by atoms with Crippen LogP contribution in [0.25, 0.3) is 5.76 Å². The van der Waals surface area contributed by atoms with Crippen LogP contribution in [0, 0.1) is 17.5 Å². The van der Waals surface area contributed by atoms with Crippen LogP contribution in [-0.2, 0) is 9.53 Å². The molecule has 1 aromatic carbocycles. The lowest BCUT2D eigenvalue weighted by molar-refractivity contribution is -0.137. The summed E-state index contributed by atoms with van der Waals surface area (Å²) in [5.74, 6) is -8.22. The molecule has 10 heteroatoms. The number of benzene rings is 1. The van der Waals surface area contributed by atoms with Gasteiger partial charge in [0.05, 0.1) is 25.8 Å². The second-order valence-corrected chi connectivity index (χ2v) is 4.44. The zero-order valence-electron chi connectivity index (χ0n) is 13.2. The fraction of sp³-hybridized carbons (Fsp3) is 0.333. The third-order valence-electron chi connectivity index (χ3n) is 2.79. The van der Waals surface area contributed by atoms with Crippen molar-refractivity contribution in [2.75, 3.05) is 20.3 Å². The first kappa shape index (κ1) is 20.4. The minimum absolute atomic E-state index is 0.151. The lowest BCUT2D eigenvalue weighted by atomic mass is 10.1. The Hall–Kier alpha value is -2.65. The van der Waals surface area contributed by atoms with E-state index in [1.165, 1.54) is 6.92 Å². The predicted octanol–water partition coefficient (Wildman–Crippen LogP) is 3.28. The standard InChI is InChI=1S/C15H14F5NO4/c1-3-25-15(23)8(5-21-6-10(17)18)13(22)7-4-9(16)12(20)14(24-2)11(7)19/h4-5,10,22H,3,6H2,1-2H3/b13-8-,21-5?. The number of aliphatic hydroxyl groups excluding tert-OH is 1. The number of ether oxygens (including phenoxy) is 2. The van der Waals surface area contributed by atoms with E-state index in [4.69, 9.17) is 0 Å². The molecule has 0 aliphatic rings. The Labute approximate surface area is 139 Å². The molecule has 0 saturated heterocycles. The largest absolute Gasteiger partial charge is 0.506 e. The highest BCUT2D eigenvalue weighted by Gasteiger charge is 2.25. The van der Waals surface area contributed by atoms with Crippen molar-refractivity contribution in [3.8, 4) is 5.75 Å². The van der Waals surface area contributed by atoms with Crippen molar-refractivity contribution in [2.24, 2.45) is 4.99 Å². The molecular weight excluding hydrogens is 353 g/mol. The molecule has 0 spiro atoms. The third-order valence-corrected chi connectivity index (χ3v) is 2.79. The molecule has 1 aromatic rings. The van der Waals surface area contributed by atoms with Crippen molar-refractivity contribution >= 4 is 17.9 Å². The highest BCUT2D eigenvalue weighted by atomic mass is 19.3. The Kier molecular flexibility index (Phi) is 7.34. The number of halogens is 5. The summed E-state index contributed by atoms with van der Waals surface area (Å²) >= 11 is 0. The first-order chi connectivity index (χ1) is 11.7. The highest BCUT2D eigenvalue weighted by Crippen LogP contribution is 2.31. The molecule has 0 aromatic heterocycles. The van der Waals surface area contributed by atoms with Gasteiger partial charge >= 0.3 is 5.97 Å². The van der Waals surface area contributed by atoms with Crippen molar-refractivity contribution < 1.29 is 41.3 Å². The number of methoxy groups -OCH3 is 1. The van der Waals surface area contributed by atoms with Crippen molar-refractivity contribution in [3.05, 3.63) is 34.7 Å². The van der Waals surface area contributed by atoms with Crippen LogP contribution in [0.2, 0.25) is 0 Å². The maximum Gasteiger partial charge on any atom is 0.343 e. The van der Waals surface area contributed by atoms with Crippen LogP contribution >= 0.6 is 0 Å². The lowest BCUT2D eigenvalue weighted by Crippen LogP contribution is -2.13. The second kappa shape index (κ2) is 9.00. The number of hydrogen-bond acceptors (Lipinski definition) is 5. The number of alkyl halides is 2. The molecule has 5 nitrogen and oxygen atoms in total. The maximum atomic E-state index is 14.2. The van der Waals surface area contributed by atoms with Crippen molar-refractivity contribution in [1.82, 2.24) is 0 Å². The molecule has 0 aliphatic carbocycles. The van der Waals surface area contributed by atoms with Crippen molar-refractivity contribution in [1.29, 1.82) is 0 Å². The smallest absolute Gasteiger partial charge is 0.343 e. The first-order valence-electron chi connectivity index (χ1n) is 6.84. The Morgan fingerprint density at radius 1 is 1.32 bits per heavy atom. The van der Waals surface area contributed by atoms with E-state index in [-0.39, 0.29) is 12.7 Å². The third kappa shape index (κ3) is 4.91. The molecule has 1 N–H and O–H groups in total. The summed E-state index contributed by atoms with van der Waals surface area (Å²) in [7, 11) is 0.863. The SMILES string of the molecule is CCOC(=O)/C(C=NCC(F)F)=C(\O)c1cc(F)c(F)c(OC)c1F. The van der Waals surface area contributed by atoms with Crippen LogP contribution in [0.15, 0.2) is 16.6 Å². The first-order valence-corrected chi connectivity index (χ1v) is 6.84. The number of esters is 1. The quantitative estimate of drug-likeness (QED) is 0.201. The van der Waals surface area contributed by atoms with Gasteiger partial charge in [-0.2, -0.15) is 4.39 Å². The van der Waals surface area contributed by atoms with Crippen molar-refractivity contribution in [2.45, 2.75) is 13.3 Å². The van der Waals surface area contributed by atoms with Gasteiger partial charge in [0.1, 0.15) is 11.3 Å². The van der Waals surface area contributed by atoms with E-state index >= 15 is 0 Å². The van der Waals surface area contributed by atoms with Crippen LogP contribution in [0.3, 0.4) is 0 Å². The van der Waals surface area contributed by atoms with Gasteiger partial charge < -0.3 is 14.6 Å². The molecule has 0 unspecified atom stereocenters. The molecule has 0 fully saturated rings. The number of hydrogen-bond donors (Lipinski definition) is 1. The van der Waals surface area contributed by atoms with E-state index in [9.17, 15) is 31.9 Å². The molecular formula is C15H14F5NO4. The molecule has 0 radical (unpaired) electrons. The van der Waals surface area contributed by atoms with Gasteiger partial charge in [0.15, 0.2) is 17.4 Å². The number of carbonyl (C=O) groups excluding carboxylic acids is 1. The fourth-order valence-corrected chi connectivity index (χ4v) is 1.72. The number of rotatable bonds is 7. The molecule has 25 heavy (non-hydrogen) atoms. The van der Waals surface area contributed by atoms with E-state index in [2.05, 4.69) is 14.5 Å². The van der Waals surface area contributed by atoms with Gasteiger partial charge in [0.2, 0.25) is 5.82 Å². The summed E-state index contributed by atoms with van der Waals surface area (Å²) in [6.07, 6.45) is -2.30. The number of aliphatic imine (C=N–C) groups is 1. The lowest BCUT2D eigenvalue weighted by Gasteiger charge is -2.11. The van der Waals surface area contributed by atoms with Gasteiger partial charge in [0, 0.05) is 6.21 Å². The second-order valence-electron chi connectivity index (χ2n) is 4.44. The average molecular weight is 367 g/mol. The van der Waals surface area contributed by atoms with Gasteiger partial charge in [-0.3, -0.25) is 4.99 Å². The maximum absolute atomic E-state index is 14.2. The zero-order chi connectivity index (χ0) is 19.1. The van der Waals surface area contributed by atoms with Crippen LogP contribution < -0.4 is 4.74 Å². The molecule has 138 valence electrons. The average Bonchev–Trinajstić information content (AvgIpc) is 2.55. The highest BCUT2D eigenvalue weighted by molar-refractivity contribution is 6.15. The van der Waals surface area contributed by atoms with E-state index in [0.29, 0.717) is 6.21 Å². The van der Waals surface area contributed by atoms with Crippen LogP contribution in [-0.4, -0.2) is 44.0 Å². The summed E-state index contributed by atoms with van der Waals surface area (Å²) in [5.41, 5.74) is -1.74. The summed E-state index contributed by atoms with van der Waals surface area (Å²) in [4.78, 5) is 15.0. The summed E-state index contributed by atoms with van der Waals surface area (Å²) < 4.78 is 74.4. The van der Waals surface area contributed by atoms with Gasteiger partial charge in [-0.1, -0.05) is 0 Å². The molecule has 0 saturated carbocycles. The van der Waals surface area contributed by atoms with Gasteiger partial charge in [-0.15, -0.1) is 0 Å². The molecule has 0 atom stereocenters. The monoisotopic (exact) mass is 367 g/mol. The summed E-state index contributed by atoms with van der Waals surface area (Å²) in [6, 6.07) is 0.280. The predicted molar refractivity (Wildman–Crippen MR) is 78.4 cm³/mol.